The van der Waals surface area contributed by atoms with Crippen molar-refractivity contribution in [1.29, 1.82) is 5.26 Å². The van der Waals surface area contributed by atoms with E-state index < -0.39 is 0 Å². The molecule has 5 heteroatoms. The fourth-order valence-corrected chi connectivity index (χ4v) is 4.53. The van der Waals surface area contributed by atoms with Crippen molar-refractivity contribution in [3.8, 4) is 6.07 Å². The number of fused-ring (bicyclic) bond motifs is 3. The summed E-state index contributed by atoms with van der Waals surface area (Å²) in [5.41, 5.74) is 1.53. The SMILES string of the molecule is CC(C)(C)C1CCc2c(sc3ncn(CCC#N)c(=O)c23)C1. The van der Waals surface area contributed by atoms with Crippen molar-refractivity contribution >= 4 is 21.6 Å². The van der Waals surface area contributed by atoms with Crippen molar-refractivity contribution in [2.24, 2.45) is 11.3 Å². The summed E-state index contributed by atoms with van der Waals surface area (Å²) in [7, 11) is 0. The predicted molar refractivity (Wildman–Crippen MR) is 89.1 cm³/mol. The molecule has 1 unspecified atom stereocenters. The van der Waals surface area contributed by atoms with Crippen molar-refractivity contribution in [1.82, 2.24) is 9.55 Å². The van der Waals surface area contributed by atoms with E-state index in [-0.39, 0.29) is 5.56 Å². The normalized spacial score (nSPS) is 18.2. The van der Waals surface area contributed by atoms with Crippen LogP contribution in [0.4, 0.5) is 0 Å². The Kier molecular flexibility index (Phi) is 3.82. The second kappa shape index (κ2) is 5.51. The Bertz CT molecular complexity index is 804. The highest BCUT2D eigenvalue weighted by Gasteiger charge is 2.31. The quantitative estimate of drug-likeness (QED) is 0.852. The molecule has 0 saturated carbocycles. The number of thiophene rings is 1. The van der Waals surface area contributed by atoms with Crippen LogP contribution in [0.1, 0.15) is 44.1 Å². The van der Waals surface area contributed by atoms with Gasteiger partial charge in [0.25, 0.3) is 5.56 Å². The van der Waals surface area contributed by atoms with E-state index in [1.165, 1.54) is 10.4 Å². The molecular formula is C17H21N3OS. The van der Waals surface area contributed by atoms with Crippen LogP contribution in [0.15, 0.2) is 11.1 Å². The van der Waals surface area contributed by atoms with E-state index >= 15 is 0 Å². The minimum absolute atomic E-state index is 0.0203. The molecular weight excluding hydrogens is 294 g/mol. The molecule has 0 N–H and O–H groups in total. The van der Waals surface area contributed by atoms with Crippen molar-refractivity contribution in [2.75, 3.05) is 0 Å². The second-order valence-corrected chi connectivity index (χ2v) is 8.22. The van der Waals surface area contributed by atoms with Gasteiger partial charge in [0, 0.05) is 11.4 Å². The molecule has 0 spiro atoms. The lowest BCUT2D eigenvalue weighted by molar-refractivity contribution is 0.218. The smallest absolute Gasteiger partial charge is 0.262 e. The number of rotatable bonds is 2. The molecule has 1 aliphatic rings. The van der Waals surface area contributed by atoms with Crippen LogP contribution >= 0.6 is 11.3 Å². The largest absolute Gasteiger partial charge is 0.298 e. The Hall–Kier alpha value is -1.67. The van der Waals surface area contributed by atoms with Crippen LogP contribution in [-0.2, 0) is 19.4 Å². The maximum atomic E-state index is 12.7. The Morgan fingerprint density at radius 2 is 2.27 bits per heavy atom. The average Bonchev–Trinajstić information content (AvgIpc) is 2.84. The van der Waals surface area contributed by atoms with Gasteiger partial charge >= 0.3 is 0 Å². The summed E-state index contributed by atoms with van der Waals surface area (Å²) in [6, 6.07) is 2.09. The van der Waals surface area contributed by atoms with Gasteiger partial charge in [-0.1, -0.05) is 20.8 Å². The molecule has 116 valence electrons. The fourth-order valence-electron chi connectivity index (χ4n) is 3.27. The van der Waals surface area contributed by atoms with Crippen LogP contribution in [0, 0.1) is 22.7 Å². The Morgan fingerprint density at radius 3 is 2.95 bits per heavy atom. The number of nitriles is 1. The predicted octanol–water partition coefficient (Wildman–Crippen LogP) is 3.52. The second-order valence-electron chi connectivity index (χ2n) is 7.14. The Morgan fingerprint density at radius 1 is 1.50 bits per heavy atom. The van der Waals surface area contributed by atoms with Gasteiger partial charge in [-0.15, -0.1) is 11.3 Å². The molecule has 1 atom stereocenters. The molecule has 4 nitrogen and oxygen atoms in total. The fraction of sp³-hybridized carbons (Fsp3) is 0.588. The summed E-state index contributed by atoms with van der Waals surface area (Å²) in [5, 5.41) is 9.50. The van der Waals surface area contributed by atoms with Gasteiger partial charge in [-0.3, -0.25) is 9.36 Å². The van der Waals surface area contributed by atoms with E-state index in [4.69, 9.17) is 5.26 Å². The first-order valence-corrected chi connectivity index (χ1v) is 8.60. The molecule has 2 aromatic rings. The van der Waals surface area contributed by atoms with E-state index in [2.05, 4.69) is 31.8 Å². The standard InChI is InChI=1S/C17H21N3OS/c1-17(2,3)11-5-6-12-13(9-11)22-15-14(12)16(21)20(10-19-15)8-4-7-18/h10-11H,4-6,8-9H2,1-3H3. The summed E-state index contributed by atoms with van der Waals surface area (Å²) in [4.78, 5) is 19.3. The minimum atomic E-state index is 0.0203. The van der Waals surface area contributed by atoms with Gasteiger partial charge in [0.1, 0.15) is 4.83 Å². The van der Waals surface area contributed by atoms with Crippen LogP contribution in [-0.4, -0.2) is 9.55 Å². The lowest BCUT2D eigenvalue weighted by Crippen LogP contribution is -2.27. The molecule has 2 aromatic heterocycles. The third kappa shape index (κ3) is 2.56. The number of aryl methyl sites for hydroxylation is 2. The molecule has 0 fully saturated rings. The molecule has 1 aliphatic carbocycles. The third-order valence-corrected chi connectivity index (χ3v) is 5.89. The number of aromatic nitrogens is 2. The Labute approximate surface area is 134 Å². The first-order valence-electron chi connectivity index (χ1n) is 7.78. The highest BCUT2D eigenvalue weighted by molar-refractivity contribution is 7.18. The monoisotopic (exact) mass is 315 g/mol. The third-order valence-electron chi connectivity index (χ3n) is 4.73. The maximum absolute atomic E-state index is 12.7. The summed E-state index contributed by atoms with van der Waals surface area (Å²) >= 11 is 1.68. The summed E-state index contributed by atoms with van der Waals surface area (Å²) < 4.78 is 1.58. The summed E-state index contributed by atoms with van der Waals surface area (Å²) in [5.74, 6) is 0.661. The zero-order valence-electron chi connectivity index (χ0n) is 13.3. The maximum Gasteiger partial charge on any atom is 0.262 e. The zero-order chi connectivity index (χ0) is 15.9. The number of hydrogen-bond acceptors (Lipinski definition) is 4. The molecule has 22 heavy (non-hydrogen) atoms. The van der Waals surface area contributed by atoms with E-state index in [0.717, 1.165) is 29.5 Å². The summed E-state index contributed by atoms with van der Waals surface area (Å²) in [6.07, 6.45) is 5.08. The first kappa shape index (κ1) is 15.2. The number of hydrogen-bond donors (Lipinski definition) is 0. The van der Waals surface area contributed by atoms with Gasteiger partial charge in [0.2, 0.25) is 0 Å². The average molecular weight is 315 g/mol. The summed E-state index contributed by atoms with van der Waals surface area (Å²) in [6.45, 7) is 7.31. The van der Waals surface area contributed by atoms with Crippen molar-refractivity contribution in [3.05, 3.63) is 27.1 Å². The molecule has 0 aliphatic heterocycles. The van der Waals surface area contributed by atoms with Gasteiger partial charge in [0.15, 0.2) is 0 Å². The van der Waals surface area contributed by atoms with Crippen LogP contribution in [0.2, 0.25) is 0 Å². The van der Waals surface area contributed by atoms with Crippen LogP contribution in [0.3, 0.4) is 0 Å². The zero-order valence-corrected chi connectivity index (χ0v) is 14.2. The Balaban J connectivity index is 2.05. The lowest BCUT2D eigenvalue weighted by Gasteiger charge is -2.33. The van der Waals surface area contributed by atoms with E-state index in [1.807, 2.05) is 0 Å². The lowest BCUT2D eigenvalue weighted by atomic mass is 9.72. The number of nitrogens with zero attached hydrogens (tertiary/aromatic N) is 3. The van der Waals surface area contributed by atoms with Gasteiger partial charge in [-0.25, -0.2) is 4.98 Å². The van der Waals surface area contributed by atoms with Crippen LogP contribution in [0.25, 0.3) is 10.2 Å². The molecule has 2 heterocycles. The van der Waals surface area contributed by atoms with Crippen LogP contribution in [0.5, 0.6) is 0 Å². The van der Waals surface area contributed by atoms with Crippen molar-refractivity contribution in [2.45, 2.75) is 53.0 Å². The molecule has 0 aromatic carbocycles. The molecule has 0 bridgehead atoms. The van der Waals surface area contributed by atoms with Crippen LogP contribution < -0.4 is 5.56 Å². The van der Waals surface area contributed by atoms with Gasteiger partial charge in [0.05, 0.1) is 24.2 Å². The first-order chi connectivity index (χ1) is 10.4. The van der Waals surface area contributed by atoms with Gasteiger partial charge < -0.3 is 0 Å². The molecule has 3 rings (SSSR count). The topological polar surface area (TPSA) is 58.7 Å². The highest BCUT2D eigenvalue weighted by atomic mass is 32.1. The minimum Gasteiger partial charge on any atom is -0.298 e. The van der Waals surface area contributed by atoms with E-state index in [0.29, 0.717) is 24.3 Å². The van der Waals surface area contributed by atoms with Gasteiger partial charge in [-0.2, -0.15) is 5.26 Å². The van der Waals surface area contributed by atoms with E-state index in [9.17, 15) is 4.79 Å². The molecule has 0 radical (unpaired) electrons. The highest BCUT2D eigenvalue weighted by Crippen LogP contribution is 2.41. The van der Waals surface area contributed by atoms with Crippen molar-refractivity contribution < 1.29 is 0 Å². The van der Waals surface area contributed by atoms with E-state index in [1.54, 1.807) is 22.2 Å². The van der Waals surface area contributed by atoms with Crippen molar-refractivity contribution in [3.63, 3.8) is 0 Å². The molecule has 0 saturated heterocycles. The van der Waals surface area contributed by atoms with Gasteiger partial charge in [-0.05, 0) is 36.2 Å². The molecule has 0 amide bonds.